The minimum atomic E-state index is 0.554. The molecule has 0 bridgehead atoms. The fourth-order valence-electron chi connectivity index (χ4n) is 1.10. The summed E-state index contributed by atoms with van der Waals surface area (Å²) in [6.45, 7) is 9.87. The first-order valence-electron chi connectivity index (χ1n) is 5.52. The Hall–Kier alpha value is -1.89. The third kappa shape index (κ3) is 3.06. The average Bonchev–Trinajstić information content (AvgIpc) is 2.74. The lowest BCUT2D eigenvalue weighted by Crippen LogP contribution is -1.91. The first-order valence-corrected chi connectivity index (χ1v) is 5.52. The van der Waals surface area contributed by atoms with Crippen LogP contribution in [0.25, 0.3) is 5.65 Å². The van der Waals surface area contributed by atoms with Crippen LogP contribution in [0.5, 0.6) is 0 Å². The number of rotatable bonds is 0. The molecule has 0 atom stereocenters. The van der Waals surface area contributed by atoms with Gasteiger partial charge in [0.2, 0.25) is 0 Å². The van der Waals surface area contributed by atoms with E-state index in [1.807, 2.05) is 34.6 Å². The summed E-state index contributed by atoms with van der Waals surface area (Å²) in [7, 11) is 0. The Bertz CT molecular complexity index is 465. The quantitative estimate of drug-likeness (QED) is 0.683. The molecule has 16 heavy (non-hydrogen) atoms. The SMILES string of the molecule is CC.CC.Cc1cn2nccc(C#N)c2n1. The van der Waals surface area contributed by atoms with Gasteiger partial charge in [-0.3, -0.25) is 0 Å². The minimum Gasteiger partial charge on any atom is -0.231 e. The Labute approximate surface area is 96.6 Å². The van der Waals surface area contributed by atoms with Crippen molar-refractivity contribution in [3.05, 3.63) is 29.7 Å². The van der Waals surface area contributed by atoms with Gasteiger partial charge in [-0.05, 0) is 13.0 Å². The summed E-state index contributed by atoms with van der Waals surface area (Å²) in [5.74, 6) is 0. The predicted octanol–water partition coefficient (Wildman–Crippen LogP) is 2.96. The highest BCUT2D eigenvalue weighted by Crippen LogP contribution is 2.06. The van der Waals surface area contributed by atoms with Crippen LogP contribution < -0.4 is 0 Å². The van der Waals surface area contributed by atoms with Crippen molar-refractivity contribution in [3.63, 3.8) is 0 Å². The van der Waals surface area contributed by atoms with E-state index in [1.165, 1.54) is 0 Å². The van der Waals surface area contributed by atoms with Gasteiger partial charge in [0.15, 0.2) is 5.65 Å². The predicted molar refractivity (Wildman–Crippen MR) is 65.1 cm³/mol. The van der Waals surface area contributed by atoms with Crippen LogP contribution in [0.1, 0.15) is 39.0 Å². The van der Waals surface area contributed by atoms with Gasteiger partial charge in [-0.2, -0.15) is 10.4 Å². The lowest BCUT2D eigenvalue weighted by Gasteiger charge is -1.90. The van der Waals surface area contributed by atoms with Crippen molar-refractivity contribution in [2.24, 2.45) is 0 Å². The van der Waals surface area contributed by atoms with Crippen LogP contribution in [0, 0.1) is 18.3 Å². The van der Waals surface area contributed by atoms with Crippen molar-refractivity contribution in [2.45, 2.75) is 34.6 Å². The molecule has 0 spiro atoms. The highest BCUT2D eigenvalue weighted by molar-refractivity contribution is 5.54. The minimum absolute atomic E-state index is 0.554. The molecule has 2 rings (SSSR count). The van der Waals surface area contributed by atoms with Crippen molar-refractivity contribution in [1.29, 1.82) is 5.26 Å². The molecule has 0 N–H and O–H groups in total. The largest absolute Gasteiger partial charge is 0.231 e. The van der Waals surface area contributed by atoms with E-state index in [0.29, 0.717) is 11.2 Å². The standard InChI is InChI=1S/C8H6N4.2C2H6/c1-6-5-12-8(11-6)7(4-9)2-3-10-12;2*1-2/h2-3,5H,1H3;2*1-2H3. The summed E-state index contributed by atoms with van der Waals surface area (Å²) in [5, 5.41) is 12.7. The second kappa shape index (κ2) is 7.41. The highest BCUT2D eigenvalue weighted by Gasteiger charge is 2.02. The number of fused-ring (bicyclic) bond motifs is 1. The van der Waals surface area contributed by atoms with Gasteiger partial charge < -0.3 is 0 Å². The number of aryl methyl sites for hydroxylation is 1. The molecule has 0 saturated heterocycles. The molecule has 2 aromatic heterocycles. The van der Waals surface area contributed by atoms with E-state index in [2.05, 4.69) is 16.2 Å². The summed E-state index contributed by atoms with van der Waals surface area (Å²) in [6, 6.07) is 3.71. The maximum Gasteiger partial charge on any atom is 0.171 e. The molecule has 86 valence electrons. The molecule has 2 aromatic rings. The zero-order valence-corrected chi connectivity index (χ0v) is 10.5. The number of aromatic nitrogens is 3. The second-order valence-corrected chi connectivity index (χ2v) is 2.51. The van der Waals surface area contributed by atoms with Gasteiger partial charge in [-0.25, -0.2) is 9.50 Å². The molecule has 0 aromatic carbocycles. The van der Waals surface area contributed by atoms with Gasteiger partial charge in [0.1, 0.15) is 6.07 Å². The fraction of sp³-hybridized carbons (Fsp3) is 0.417. The summed E-state index contributed by atoms with van der Waals surface area (Å²) in [6.07, 6.45) is 3.38. The molecule has 0 saturated carbocycles. The summed E-state index contributed by atoms with van der Waals surface area (Å²) >= 11 is 0. The monoisotopic (exact) mass is 218 g/mol. The Kier molecular flexibility index (Phi) is 6.53. The van der Waals surface area contributed by atoms with E-state index in [-0.39, 0.29) is 0 Å². The zero-order chi connectivity index (χ0) is 12.6. The molecule has 2 heterocycles. The Morgan fingerprint density at radius 2 is 1.88 bits per heavy atom. The van der Waals surface area contributed by atoms with Gasteiger partial charge in [0.05, 0.1) is 17.5 Å². The molecule has 4 nitrogen and oxygen atoms in total. The molecule has 4 heteroatoms. The Morgan fingerprint density at radius 1 is 1.25 bits per heavy atom. The number of hydrogen-bond acceptors (Lipinski definition) is 3. The molecular formula is C12H18N4. The van der Waals surface area contributed by atoms with Crippen LogP contribution in [0.3, 0.4) is 0 Å². The van der Waals surface area contributed by atoms with Crippen LogP contribution in [0.4, 0.5) is 0 Å². The van der Waals surface area contributed by atoms with Crippen LogP contribution >= 0.6 is 0 Å². The van der Waals surface area contributed by atoms with Crippen molar-refractivity contribution >= 4 is 5.65 Å². The molecule has 0 aliphatic carbocycles. The normalized spacial score (nSPS) is 8.25. The Morgan fingerprint density at radius 3 is 2.44 bits per heavy atom. The number of nitriles is 1. The van der Waals surface area contributed by atoms with Crippen LogP contribution in [0.2, 0.25) is 0 Å². The number of imidazole rings is 1. The molecule has 0 aliphatic rings. The highest BCUT2D eigenvalue weighted by atomic mass is 15.2. The second-order valence-electron chi connectivity index (χ2n) is 2.51. The van der Waals surface area contributed by atoms with E-state index in [4.69, 9.17) is 5.26 Å². The van der Waals surface area contributed by atoms with Gasteiger partial charge in [0, 0.05) is 6.20 Å². The van der Waals surface area contributed by atoms with Gasteiger partial charge >= 0.3 is 0 Å². The third-order valence-electron chi connectivity index (χ3n) is 1.60. The summed E-state index contributed by atoms with van der Waals surface area (Å²) in [4.78, 5) is 4.16. The van der Waals surface area contributed by atoms with Crippen LogP contribution in [-0.4, -0.2) is 14.6 Å². The van der Waals surface area contributed by atoms with E-state index in [1.54, 1.807) is 23.0 Å². The fourth-order valence-corrected chi connectivity index (χ4v) is 1.10. The molecule has 0 aliphatic heterocycles. The van der Waals surface area contributed by atoms with Crippen molar-refractivity contribution in [3.8, 4) is 6.07 Å². The molecule has 0 fully saturated rings. The van der Waals surface area contributed by atoms with Gasteiger partial charge in [-0.15, -0.1) is 0 Å². The van der Waals surface area contributed by atoms with Crippen LogP contribution in [0.15, 0.2) is 18.5 Å². The van der Waals surface area contributed by atoms with Crippen molar-refractivity contribution in [2.75, 3.05) is 0 Å². The summed E-state index contributed by atoms with van der Waals surface area (Å²) in [5.41, 5.74) is 2.04. The van der Waals surface area contributed by atoms with Gasteiger partial charge in [-0.1, -0.05) is 27.7 Å². The lowest BCUT2D eigenvalue weighted by atomic mass is 10.3. The number of nitrogens with zero attached hydrogens (tertiary/aromatic N) is 4. The molecule has 0 amide bonds. The maximum atomic E-state index is 8.71. The molecule has 0 unspecified atom stereocenters. The topological polar surface area (TPSA) is 54.0 Å². The zero-order valence-electron chi connectivity index (χ0n) is 10.5. The summed E-state index contributed by atoms with van der Waals surface area (Å²) < 4.78 is 1.61. The van der Waals surface area contributed by atoms with Gasteiger partial charge in [0.25, 0.3) is 0 Å². The maximum absolute atomic E-state index is 8.71. The lowest BCUT2D eigenvalue weighted by molar-refractivity contribution is 0.931. The third-order valence-corrected chi connectivity index (χ3v) is 1.60. The van der Waals surface area contributed by atoms with Crippen LogP contribution in [-0.2, 0) is 0 Å². The average molecular weight is 218 g/mol. The van der Waals surface area contributed by atoms with Crippen molar-refractivity contribution < 1.29 is 0 Å². The first-order chi connectivity index (χ1) is 7.81. The Balaban J connectivity index is 0.000000509. The molecular weight excluding hydrogens is 200 g/mol. The van der Waals surface area contributed by atoms with E-state index >= 15 is 0 Å². The smallest absolute Gasteiger partial charge is 0.171 e. The number of hydrogen-bond donors (Lipinski definition) is 0. The first kappa shape index (κ1) is 14.1. The van der Waals surface area contributed by atoms with E-state index in [9.17, 15) is 0 Å². The van der Waals surface area contributed by atoms with Crippen molar-refractivity contribution in [1.82, 2.24) is 14.6 Å². The van der Waals surface area contributed by atoms with E-state index in [0.717, 1.165) is 5.69 Å². The molecule has 0 radical (unpaired) electrons. The van der Waals surface area contributed by atoms with E-state index < -0.39 is 0 Å².